The zero-order chi connectivity index (χ0) is 22.1. The summed E-state index contributed by atoms with van der Waals surface area (Å²) in [4.78, 5) is 14.9. The molecule has 1 amide bonds. The van der Waals surface area contributed by atoms with Gasteiger partial charge in [0.15, 0.2) is 11.6 Å². The molecule has 3 heterocycles. The van der Waals surface area contributed by atoms with E-state index in [2.05, 4.69) is 43.8 Å². The molecule has 32 heavy (non-hydrogen) atoms. The molecule has 4 aromatic rings. The Morgan fingerprint density at radius 2 is 1.91 bits per heavy atom. The first-order valence-electron chi connectivity index (χ1n) is 10.5. The fraction of sp³-hybridized carbons (Fsp3) is 0.250. The Bertz CT molecular complexity index is 1290. The molecule has 8 heteroatoms. The number of carbonyl (C=O) groups excluding carboxylic acids is 1. The van der Waals surface area contributed by atoms with Gasteiger partial charge in [-0.15, -0.1) is 5.10 Å². The molecule has 1 N–H and O–H groups in total. The fourth-order valence-electron chi connectivity index (χ4n) is 3.94. The minimum atomic E-state index is -0.235. The summed E-state index contributed by atoms with van der Waals surface area (Å²) in [7, 11) is 0. The normalized spacial score (nSPS) is 14.0. The molecule has 0 saturated carbocycles. The lowest BCUT2D eigenvalue weighted by molar-refractivity contribution is 0.102. The summed E-state index contributed by atoms with van der Waals surface area (Å²) >= 11 is 0. The first-order chi connectivity index (χ1) is 15.6. The predicted octanol–water partition coefficient (Wildman–Crippen LogP) is 3.99. The van der Waals surface area contributed by atoms with Crippen LogP contribution in [0.15, 0.2) is 53.2 Å². The number of fused-ring (bicyclic) bond motifs is 1. The van der Waals surface area contributed by atoms with Crippen LogP contribution >= 0.6 is 0 Å². The van der Waals surface area contributed by atoms with Crippen LogP contribution in [0.5, 0.6) is 0 Å². The van der Waals surface area contributed by atoms with Crippen LogP contribution < -0.4 is 10.2 Å². The molecule has 0 aliphatic carbocycles. The molecule has 1 aliphatic rings. The van der Waals surface area contributed by atoms with E-state index >= 15 is 0 Å². The van der Waals surface area contributed by atoms with Crippen LogP contribution in [0.25, 0.3) is 21.9 Å². The summed E-state index contributed by atoms with van der Waals surface area (Å²) in [6.45, 7) is 6.80. The van der Waals surface area contributed by atoms with Crippen molar-refractivity contribution in [1.82, 2.24) is 15.4 Å². The molecular formula is C24H23N5O3. The van der Waals surface area contributed by atoms with Gasteiger partial charge in [-0.2, -0.15) is 5.10 Å². The topological polar surface area (TPSA) is 93.4 Å². The molecule has 5 rings (SSSR count). The number of aryl methyl sites for hydroxylation is 2. The van der Waals surface area contributed by atoms with Gasteiger partial charge >= 0.3 is 0 Å². The van der Waals surface area contributed by atoms with Gasteiger partial charge in [0.1, 0.15) is 5.76 Å². The van der Waals surface area contributed by atoms with Crippen molar-refractivity contribution < 1.29 is 14.1 Å². The van der Waals surface area contributed by atoms with E-state index in [0.717, 1.165) is 46.4 Å². The van der Waals surface area contributed by atoms with Gasteiger partial charge in [0, 0.05) is 35.5 Å². The summed E-state index contributed by atoms with van der Waals surface area (Å²) in [5.41, 5.74) is 3.63. The smallest absolute Gasteiger partial charge is 0.256 e. The average Bonchev–Trinajstić information content (AvgIpc) is 3.23. The average molecular weight is 429 g/mol. The van der Waals surface area contributed by atoms with Gasteiger partial charge < -0.3 is 19.5 Å². The molecule has 1 fully saturated rings. The second-order valence-corrected chi connectivity index (χ2v) is 7.88. The van der Waals surface area contributed by atoms with Gasteiger partial charge in [0.25, 0.3) is 5.91 Å². The highest BCUT2D eigenvalue weighted by Crippen LogP contribution is 2.31. The number of rotatable bonds is 4. The number of nitrogens with zero attached hydrogens (tertiary/aromatic N) is 4. The quantitative estimate of drug-likeness (QED) is 0.524. The number of aromatic nitrogens is 3. The molecule has 162 valence electrons. The zero-order valence-electron chi connectivity index (χ0n) is 18.0. The lowest BCUT2D eigenvalue weighted by Crippen LogP contribution is -2.37. The molecule has 2 aromatic heterocycles. The van der Waals surface area contributed by atoms with Gasteiger partial charge in [0.05, 0.1) is 19.4 Å². The highest BCUT2D eigenvalue weighted by molar-refractivity contribution is 6.05. The van der Waals surface area contributed by atoms with Crippen LogP contribution in [0.3, 0.4) is 0 Å². The second-order valence-electron chi connectivity index (χ2n) is 7.88. The van der Waals surface area contributed by atoms with Crippen molar-refractivity contribution >= 4 is 28.3 Å². The van der Waals surface area contributed by atoms with Crippen molar-refractivity contribution in [3.8, 4) is 11.1 Å². The van der Waals surface area contributed by atoms with Gasteiger partial charge in [-0.05, 0) is 54.8 Å². The third-order valence-electron chi connectivity index (χ3n) is 5.63. The zero-order valence-corrected chi connectivity index (χ0v) is 18.0. The number of ether oxygens (including phenoxy) is 1. The Kier molecular flexibility index (Phi) is 5.28. The summed E-state index contributed by atoms with van der Waals surface area (Å²) in [5.74, 6) is 1.68. The molecule has 0 radical (unpaired) electrons. The van der Waals surface area contributed by atoms with E-state index in [9.17, 15) is 4.79 Å². The monoisotopic (exact) mass is 429 g/mol. The van der Waals surface area contributed by atoms with Gasteiger partial charge in [0.2, 0.25) is 0 Å². The number of nitrogens with one attached hydrogen (secondary N) is 1. The SMILES string of the molecule is Cc1cc(NC(=O)c2ccc(C)c(-c3ccc4c(N5CCOCC5)nncc4c3)c2)no1. The third kappa shape index (κ3) is 3.92. The summed E-state index contributed by atoms with van der Waals surface area (Å²) < 4.78 is 10.5. The number of carbonyl (C=O) groups is 1. The van der Waals surface area contributed by atoms with Gasteiger partial charge in [-0.3, -0.25) is 4.79 Å². The van der Waals surface area contributed by atoms with Crippen molar-refractivity contribution in [3.63, 3.8) is 0 Å². The lowest BCUT2D eigenvalue weighted by atomic mass is 9.96. The molecule has 0 unspecified atom stereocenters. The van der Waals surface area contributed by atoms with Crippen LogP contribution in [0.2, 0.25) is 0 Å². The molecular weight excluding hydrogens is 406 g/mol. The van der Waals surface area contributed by atoms with E-state index in [4.69, 9.17) is 9.26 Å². The van der Waals surface area contributed by atoms with Crippen molar-refractivity contribution in [2.75, 3.05) is 36.5 Å². The van der Waals surface area contributed by atoms with Gasteiger partial charge in [-0.1, -0.05) is 17.3 Å². The molecule has 8 nitrogen and oxygen atoms in total. The first kappa shape index (κ1) is 20.1. The standard InChI is InChI=1S/C24H23N5O3/c1-15-3-4-18(24(30)26-22-11-16(2)32-28-22)13-21(15)17-5-6-20-19(12-17)14-25-27-23(20)29-7-9-31-10-8-29/h3-6,11-14H,7-10H2,1-2H3,(H,26,28,30). The van der Waals surface area contributed by atoms with E-state index < -0.39 is 0 Å². The number of morpholine rings is 1. The van der Waals surface area contributed by atoms with E-state index in [1.54, 1.807) is 19.2 Å². The van der Waals surface area contributed by atoms with Crippen LogP contribution in [-0.4, -0.2) is 47.6 Å². The summed E-state index contributed by atoms with van der Waals surface area (Å²) in [6.07, 6.45) is 1.78. The Balaban J connectivity index is 1.48. The Hall–Kier alpha value is -3.78. The summed E-state index contributed by atoms with van der Waals surface area (Å²) in [6, 6.07) is 13.6. The van der Waals surface area contributed by atoms with Crippen LogP contribution in [0.4, 0.5) is 11.6 Å². The maximum absolute atomic E-state index is 12.7. The molecule has 1 saturated heterocycles. The largest absolute Gasteiger partial charge is 0.378 e. The van der Waals surface area contributed by atoms with E-state index in [1.807, 2.05) is 25.1 Å². The first-order valence-corrected chi connectivity index (χ1v) is 10.5. The Morgan fingerprint density at radius 3 is 2.69 bits per heavy atom. The summed E-state index contributed by atoms with van der Waals surface area (Å²) in [5, 5.41) is 17.3. The minimum Gasteiger partial charge on any atom is -0.378 e. The molecule has 2 aromatic carbocycles. The van der Waals surface area contributed by atoms with E-state index in [1.165, 1.54) is 0 Å². The van der Waals surface area contributed by atoms with Crippen molar-refractivity contribution in [3.05, 3.63) is 65.5 Å². The molecule has 0 atom stereocenters. The van der Waals surface area contributed by atoms with Crippen molar-refractivity contribution in [1.29, 1.82) is 0 Å². The van der Waals surface area contributed by atoms with E-state index in [-0.39, 0.29) is 5.91 Å². The van der Waals surface area contributed by atoms with Crippen LogP contribution in [0.1, 0.15) is 21.7 Å². The maximum atomic E-state index is 12.7. The number of benzene rings is 2. The second kappa shape index (κ2) is 8.39. The number of amides is 1. The number of anilines is 2. The maximum Gasteiger partial charge on any atom is 0.256 e. The van der Waals surface area contributed by atoms with Crippen molar-refractivity contribution in [2.24, 2.45) is 0 Å². The predicted molar refractivity (Wildman–Crippen MR) is 122 cm³/mol. The highest BCUT2D eigenvalue weighted by atomic mass is 16.5. The number of hydrogen-bond acceptors (Lipinski definition) is 7. The van der Waals surface area contributed by atoms with Crippen LogP contribution in [0, 0.1) is 13.8 Å². The molecule has 1 aliphatic heterocycles. The Morgan fingerprint density at radius 1 is 1.06 bits per heavy atom. The molecule has 0 bridgehead atoms. The lowest BCUT2D eigenvalue weighted by Gasteiger charge is -2.28. The molecule has 0 spiro atoms. The minimum absolute atomic E-state index is 0.235. The number of hydrogen-bond donors (Lipinski definition) is 1. The highest BCUT2D eigenvalue weighted by Gasteiger charge is 2.17. The van der Waals surface area contributed by atoms with Crippen LogP contribution in [-0.2, 0) is 4.74 Å². The van der Waals surface area contributed by atoms with E-state index in [0.29, 0.717) is 30.4 Å². The fourth-order valence-corrected chi connectivity index (χ4v) is 3.94. The third-order valence-corrected chi connectivity index (χ3v) is 5.63. The van der Waals surface area contributed by atoms with Gasteiger partial charge in [-0.25, -0.2) is 0 Å². The Labute approximate surface area is 185 Å². The van der Waals surface area contributed by atoms with Crippen molar-refractivity contribution in [2.45, 2.75) is 13.8 Å².